The molecule has 0 aliphatic heterocycles. The highest BCUT2D eigenvalue weighted by molar-refractivity contribution is 6.01. The molecule has 0 atom stereocenters. The van der Waals surface area contributed by atoms with Crippen molar-refractivity contribution in [3.05, 3.63) is 29.3 Å². The van der Waals surface area contributed by atoms with Crippen molar-refractivity contribution in [1.29, 1.82) is 5.26 Å². The van der Waals surface area contributed by atoms with Gasteiger partial charge in [0.1, 0.15) is 6.42 Å². The second-order valence-corrected chi connectivity index (χ2v) is 4.35. The lowest BCUT2D eigenvalue weighted by atomic mass is 10.00. The minimum absolute atomic E-state index is 0.138. The zero-order valence-electron chi connectivity index (χ0n) is 10.0. The van der Waals surface area contributed by atoms with Crippen molar-refractivity contribution in [3.8, 4) is 6.07 Å². The quantitative estimate of drug-likeness (QED) is 0.810. The summed E-state index contributed by atoms with van der Waals surface area (Å²) in [6.45, 7) is 0. The summed E-state index contributed by atoms with van der Waals surface area (Å²) in [5.41, 5.74) is 2.29. The van der Waals surface area contributed by atoms with Crippen molar-refractivity contribution in [2.75, 3.05) is 5.32 Å². The molecule has 1 aromatic rings. The van der Waals surface area contributed by atoms with Gasteiger partial charge in [-0.05, 0) is 30.9 Å². The van der Waals surface area contributed by atoms with Gasteiger partial charge in [-0.3, -0.25) is 9.59 Å². The smallest absolute Gasteiger partial charge is 0.238 e. The summed E-state index contributed by atoms with van der Waals surface area (Å²) in [5.74, 6) is -0.193. The molecule has 0 radical (unpaired) electrons. The second kappa shape index (κ2) is 5.46. The van der Waals surface area contributed by atoms with E-state index in [9.17, 15) is 9.59 Å². The number of nitrogens with zero attached hydrogens (tertiary/aromatic N) is 1. The van der Waals surface area contributed by atoms with Crippen molar-refractivity contribution >= 4 is 17.4 Å². The third kappa shape index (κ3) is 2.57. The van der Waals surface area contributed by atoms with Crippen LogP contribution in [0.15, 0.2) is 18.2 Å². The summed E-state index contributed by atoms with van der Waals surface area (Å²) in [7, 11) is 0. The average Bonchev–Trinajstić information content (AvgIpc) is 2.53. The number of nitrogens with one attached hydrogen (secondary N) is 1. The van der Waals surface area contributed by atoms with Gasteiger partial charge in [0.25, 0.3) is 0 Å². The third-order valence-electron chi connectivity index (χ3n) is 3.07. The highest BCUT2D eigenvalue weighted by Gasteiger charge is 2.18. The Bertz CT molecular complexity index is 529. The standard InChI is InChI=1S/C14H14N2O2/c15-9-8-14(18)16-12-6-3-5-11-10(12)4-1-2-7-13(11)17/h3,5-6H,1-2,4,7-8H2,(H,16,18). The van der Waals surface area contributed by atoms with E-state index in [-0.39, 0.29) is 18.1 Å². The van der Waals surface area contributed by atoms with Crippen molar-refractivity contribution in [1.82, 2.24) is 0 Å². The zero-order valence-corrected chi connectivity index (χ0v) is 10.0. The molecule has 1 aromatic carbocycles. The van der Waals surface area contributed by atoms with Crippen LogP contribution in [0.3, 0.4) is 0 Å². The number of carbonyl (C=O) groups excluding carboxylic acids is 2. The Morgan fingerprint density at radius 2 is 2.11 bits per heavy atom. The molecule has 1 aliphatic carbocycles. The van der Waals surface area contributed by atoms with Gasteiger partial charge in [0.15, 0.2) is 5.78 Å². The van der Waals surface area contributed by atoms with E-state index in [2.05, 4.69) is 5.32 Å². The first-order valence-electron chi connectivity index (χ1n) is 6.04. The molecular formula is C14H14N2O2. The molecule has 4 nitrogen and oxygen atoms in total. The summed E-state index contributed by atoms with van der Waals surface area (Å²) in [5, 5.41) is 11.2. The number of benzene rings is 1. The first-order chi connectivity index (χ1) is 8.72. The van der Waals surface area contributed by atoms with Gasteiger partial charge in [-0.1, -0.05) is 12.1 Å². The average molecular weight is 242 g/mol. The lowest BCUT2D eigenvalue weighted by Gasteiger charge is -2.12. The number of nitriles is 1. The number of rotatable bonds is 2. The van der Waals surface area contributed by atoms with Crippen LogP contribution in [0.4, 0.5) is 5.69 Å². The number of hydrogen-bond acceptors (Lipinski definition) is 3. The number of carbonyl (C=O) groups is 2. The van der Waals surface area contributed by atoms with E-state index < -0.39 is 0 Å². The van der Waals surface area contributed by atoms with Crippen molar-refractivity contribution in [2.45, 2.75) is 32.1 Å². The van der Waals surface area contributed by atoms with Crippen LogP contribution in [0.25, 0.3) is 0 Å². The van der Waals surface area contributed by atoms with Gasteiger partial charge in [-0.25, -0.2) is 0 Å². The zero-order chi connectivity index (χ0) is 13.0. The predicted molar refractivity (Wildman–Crippen MR) is 67.2 cm³/mol. The largest absolute Gasteiger partial charge is 0.325 e. The number of hydrogen-bond donors (Lipinski definition) is 1. The van der Waals surface area contributed by atoms with E-state index in [1.807, 2.05) is 12.1 Å². The molecule has 4 heteroatoms. The molecule has 92 valence electrons. The Balaban J connectivity index is 2.32. The molecule has 1 N–H and O–H groups in total. The first-order valence-corrected chi connectivity index (χ1v) is 6.04. The van der Waals surface area contributed by atoms with Crippen molar-refractivity contribution in [2.24, 2.45) is 0 Å². The Hall–Kier alpha value is -2.15. The van der Waals surface area contributed by atoms with Crippen LogP contribution in [0.5, 0.6) is 0 Å². The van der Waals surface area contributed by atoms with Crippen LogP contribution in [0.2, 0.25) is 0 Å². The molecule has 0 heterocycles. The van der Waals surface area contributed by atoms with Gasteiger partial charge in [0, 0.05) is 17.7 Å². The highest BCUT2D eigenvalue weighted by Crippen LogP contribution is 2.27. The van der Waals surface area contributed by atoms with Crippen LogP contribution in [-0.2, 0) is 11.2 Å². The molecule has 2 rings (SSSR count). The van der Waals surface area contributed by atoms with E-state index >= 15 is 0 Å². The monoisotopic (exact) mass is 242 g/mol. The van der Waals surface area contributed by atoms with Gasteiger partial charge >= 0.3 is 0 Å². The topological polar surface area (TPSA) is 70.0 Å². The van der Waals surface area contributed by atoms with E-state index in [1.54, 1.807) is 12.1 Å². The number of Topliss-reactive ketones (excluding diaryl/α,β-unsaturated/α-hetero) is 1. The predicted octanol–water partition coefficient (Wildman–Crippen LogP) is 2.45. The molecule has 0 saturated carbocycles. The number of fused-ring (bicyclic) bond motifs is 1. The van der Waals surface area contributed by atoms with E-state index in [0.717, 1.165) is 24.8 Å². The van der Waals surface area contributed by atoms with Crippen LogP contribution in [0.1, 0.15) is 41.6 Å². The summed E-state index contributed by atoms with van der Waals surface area (Å²) < 4.78 is 0. The van der Waals surface area contributed by atoms with Gasteiger partial charge < -0.3 is 5.32 Å². The lowest BCUT2D eigenvalue weighted by molar-refractivity contribution is -0.115. The Morgan fingerprint density at radius 3 is 2.89 bits per heavy atom. The summed E-state index contributed by atoms with van der Waals surface area (Å²) in [6.07, 6.45) is 3.03. The molecule has 1 amide bonds. The molecule has 0 fully saturated rings. The number of ketones is 1. The molecule has 0 saturated heterocycles. The molecule has 0 bridgehead atoms. The molecule has 0 spiro atoms. The summed E-state index contributed by atoms with van der Waals surface area (Å²) in [4.78, 5) is 23.4. The normalized spacial score (nSPS) is 14.3. The fourth-order valence-electron chi connectivity index (χ4n) is 2.22. The van der Waals surface area contributed by atoms with Crippen LogP contribution in [-0.4, -0.2) is 11.7 Å². The highest BCUT2D eigenvalue weighted by atomic mass is 16.1. The van der Waals surface area contributed by atoms with Gasteiger partial charge in [-0.15, -0.1) is 0 Å². The van der Waals surface area contributed by atoms with E-state index in [0.29, 0.717) is 17.7 Å². The lowest BCUT2D eigenvalue weighted by Crippen LogP contribution is -2.13. The van der Waals surface area contributed by atoms with Gasteiger partial charge in [0.2, 0.25) is 5.91 Å². The molecular weight excluding hydrogens is 228 g/mol. The minimum Gasteiger partial charge on any atom is -0.325 e. The Labute approximate surface area is 106 Å². The SMILES string of the molecule is N#CCC(=O)Nc1cccc2c1CCCCC2=O. The number of amides is 1. The maximum atomic E-state index is 11.9. The molecule has 1 aliphatic rings. The fraction of sp³-hybridized carbons (Fsp3) is 0.357. The Morgan fingerprint density at radius 1 is 1.33 bits per heavy atom. The molecule has 18 heavy (non-hydrogen) atoms. The second-order valence-electron chi connectivity index (χ2n) is 4.35. The number of anilines is 1. The van der Waals surface area contributed by atoms with E-state index in [4.69, 9.17) is 5.26 Å². The van der Waals surface area contributed by atoms with Gasteiger partial charge in [0.05, 0.1) is 6.07 Å². The third-order valence-corrected chi connectivity index (χ3v) is 3.07. The minimum atomic E-state index is -0.331. The molecule has 0 aromatic heterocycles. The van der Waals surface area contributed by atoms with Crippen molar-refractivity contribution in [3.63, 3.8) is 0 Å². The van der Waals surface area contributed by atoms with Crippen molar-refractivity contribution < 1.29 is 9.59 Å². The summed E-state index contributed by atoms with van der Waals surface area (Å²) >= 11 is 0. The van der Waals surface area contributed by atoms with Crippen LogP contribution in [0, 0.1) is 11.3 Å². The maximum Gasteiger partial charge on any atom is 0.238 e. The fourth-order valence-corrected chi connectivity index (χ4v) is 2.22. The summed E-state index contributed by atoms with van der Waals surface area (Å²) in [6, 6.07) is 7.17. The van der Waals surface area contributed by atoms with Crippen LogP contribution >= 0.6 is 0 Å². The first kappa shape index (κ1) is 12.3. The van der Waals surface area contributed by atoms with E-state index in [1.165, 1.54) is 0 Å². The van der Waals surface area contributed by atoms with Crippen LogP contribution < -0.4 is 5.32 Å². The van der Waals surface area contributed by atoms with Gasteiger partial charge in [-0.2, -0.15) is 5.26 Å². The molecule has 0 unspecified atom stereocenters. The Kier molecular flexibility index (Phi) is 3.73. The maximum absolute atomic E-state index is 11.9.